The lowest BCUT2D eigenvalue weighted by molar-refractivity contribution is -0.133. The van der Waals surface area contributed by atoms with Crippen LogP contribution in [0.4, 0.5) is 16.2 Å². The minimum absolute atomic E-state index is 0.123. The Hall–Kier alpha value is -2.98. The Morgan fingerprint density at radius 2 is 1.67 bits per heavy atom. The van der Waals surface area contributed by atoms with Crippen molar-refractivity contribution in [2.75, 3.05) is 61.3 Å². The number of nitrogens with one attached hydrogen (secondary N) is 1. The van der Waals surface area contributed by atoms with E-state index in [4.69, 9.17) is 11.6 Å². The number of carbonyl (C=O) groups is 2. The highest BCUT2D eigenvalue weighted by Gasteiger charge is 2.34. The van der Waals surface area contributed by atoms with Crippen LogP contribution in [-0.4, -0.2) is 88.3 Å². The first-order chi connectivity index (χ1) is 18.7. The van der Waals surface area contributed by atoms with Crippen molar-refractivity contribution in [3.63, 3.8) is 0 Å². The van der Waals surface area contributed by atoms with E-state index in [9.17, 15) is 18.0 Å². The van der Waals surface area contributed by atoms with E-state index in [1.165, 1.54) is 10.6 Å². The molecule has 5 rings (SSSR count). The van der Waals surface area contributed by atoms with E-state index in [-0.39, 0.29) is 11.9 Å². The molecule has 0 spiro atoms. The second kappa shape index (κ2) is 11.6. The Morgan fingerprint density at radius 3 is 2.26 bits per heavy atom. The van der Waals surface area contributed by atoms with Gasteiger partial charge in [-0.3, -0.25) is 9.10 Å². The average Bonchev–Trinajstić information content (AvgIpc) is 3.71. The first-order valence-corrected chi connectivity index (χ1v) is 15.6. The fraction of sp³-hybridized carbons (Fsp3) is 0.464. The number of para-hydroxylation sites is 2. The maximum absolute atomic E-state index is 13.7. The van der Waals surface area contributed by atoms with Crippen LogP contribution in [0.3, 0.4) is 0 Å². The number of urea groups is 1. The molecule has 9 nitrogen and oxygen atoms in total. The maximum Gasteiger partial charge on any atom is 0.318 e. The molecule has 0 bridgehead atoms. The summed E-state index contributed by atoms with van der Waals surface area (Å²) in [6, 6.07) is 14.0. The fourth-order valence-corrected chi connectivity index (χ4v) is 6.12. The SMILES string of the molecule is CS(=O)(=O)N(CC1CC1)c1ccccc1N1CCN(C(=O)[C@@H](Cc2ccc(Cl)cc2)NC(=O)N2C[CH]C2)CC1. The lowest BCUT2D eigenvalue weighted by Crippen LogP contribution is -2.58. The van der Waals surface area contributed by atoms with Crippen LogP contribution in [0.5, 0.6) is 0 Å². The lowest BCUT2D eigenvalue weighted by atomic mass is 10.0. The number of piperazine rings is 1. The number of sulfonamides is 1. The van der Waals surface area contributed by atoms with Crippen molar-refractivity contribution in [1.82, 2.24) is 15.1 Å². The third-order valence-corrected chi connectivity index (χ3v) is 8.94. The van der Waals surface area contributed by atoms with Gasteiger partial charge in [0.25, 0.3) is 0 Å². The number of rotatable bonds is 9. The molecule has 2 aromatic carbocycles. The summed E-state index contributed by atoms with van der Waals surface area (Å²) in [4.78, 5) is 32.0. The second-order valence-electron chi connectivity index (χ2n) is 10.6. The van der Waals surface area contributed by atoms with Crippen molar-refractivity contribution in [1.29, 1.82) is 0 Å². The van der Waals surface area contributed by atoms with Gasteiger partial charge in [0.2, 0.25) is 15.9 Å². The van der Waals surface area contributed by atoms with E-state index in [0.717, 1.165) is 24.1 Å². The van der Waals surface area contributed by atoms with Crippen LogP contribution in [0.15, 0.2) is 48.5 Å². The summed E-state index contributed by atoms with van der Waals surface area (Å²) in [5.74, 6) is 0.284. The first kappa shape index (κ1) is 27.6. The minimum Gasteiger partial charge on any atom is -0.366 e. The predicted octanol–water partition coefficient (Wildman–Crippen LogP) is 3.01. The summed E-state index contributed by atoms with van der Waals surface area (Å²) in [5, 5.41) is 3.56. The maximum atomic E-state index is 13.7. The van der Waals surface area contributed by atoms with E-state index >= 15 is 0 Å². The van der Waals surface area contributed by atoms with Gasteiger partial charge in [0.1, 0.15) is 6.04 Å². The number of hydrogen-bond acceptors (Lipinski definition) is 5. The van der Waals surface area contributed by atoms with Crippen LogP contribution in [0.25, 0.3) is 0 Å². The quantitative estimate of drug-likeness (QED) is 0.499. The molecule has 2 heterocycles. The number of carbonyl (C=O) groups excluding carboxylic acids is 2. The van der Waals surface area contributed by atoms with Gasteiger partial charge >= 0.3 is 6.03 Å². The van der Waals surface area contributed by atoms with Crippen LogP contribution in [0, 0.1) is 12.3 Å². The van der Waals surface area contributed by atoms with Crippen molar-refractivity contribution < 1.29 is 18.0 Å². The van der Waals surface area contributed by atoms with Crippen molar-refractivity contribution in [3.8, 4) is 0 Å². The molecule has 3 fully saturated rings. The molecule has 11 heteroatoms. The van der Waals surface area contributed by atoms with E-state index in [1.807, 2.05) is 42.8 Å². The number of benzene rings is 2. The molecule has 1 aliphatic carbocycles. The second-order valence-corrected chi connectivity index (χ2v) is 12.9. The molecule has 0 unspecified atom stereocenters. The van der Waals surface area contributed by atoms with Crippen LogP contribution in [0.2, 0.25) is 5.02 Å². The topological polar surface area (TPSA) is 93.3 Å². The normalized spacial score (nSPS) is 18.4. The molecule has 1 atom stereocenters. The molecule has 3 aliphatic rings. The van der Waals surface area contributed by atoms with Gasteiger partial charge in [0.15, 0.2) is 0 Å². The van der Waals surface area contributed by atoms with Crippen molar-refractivity contribution >= 4 is 44.9 Å². The Kier molecular flexibility index (Phi) is 8.23. The number of hydrogen-bond donors (Lipinski definition) is 1. The molecule has 2 aliphatic heterocycles. The van der Waals surface area contributed by atoms with E-state index in [2.05, 4.69) is 10.2 Å². The summed E-state index contributed by atoms with van der Waals surface area (Å²) >= 11 is 6.04. The first-order valence-electron chi connectivity index (χ1n) is 13.4. The van der Waals surface area contributed by atoms with Crippen LogP contribution in [0.1, 0.15) is 18.4 Å². The smallest absolute Gasteiger partial charge is 0.318 e. The Labute approximate surface area is 235 Å². The third kappa shape index (κ3) is 6.78. The summed E-state index contributed by atoms with van der Waals surface area (Å²) in [5.41, 5.74) is 2.46. The zero-order valence-electron chi connectivity index (χ0n) is 22.1. The summed E-state index contributed by atoms with van der Waals surface area (Å²) in [6.07, 6.45) is 5.74. The molecule has 39 heavy (non-hydrogen) atoms. The van der Waals surface area contributed by atoms with E-state index in [0.29, 0.717) is 68.9 Å². The molecule has 0 aromatic heterocycles. The van der Waals surface area contributed by atoms with Crippen molar-refractivity contribution in [3.05, 3.63) is 65.5 Å². The fourth-order valence-electron chi connectivity index (χ4n) is 5.00. The molecule has 3 amide bonds. The zero-order chi connectivity index (χ0) is 27.6. The number of anilines is 2. The van der Waals surface area contributed by atoms with Gasteiger partial charge in [0, 0.05) is 63.7 Å². The van der Waals surface area contributed by atoms with Gasteiger partial charge in [-0.2, -0.15) is 0 Å². The van der Waals surface area contributed by atoms with Gasteiger partial charge in [-0.25, -0.2) is 13.2 Å². The molecular formula is C28H35ClN5O4S. The third-order valence-electron chi connectivity index (χ3n) is 7.54. The van der Waals surface area contributed by atoms with Crippen LogP contribution >= 0.6 is 11.6 Å². The summed E-state index contributed by atoms with van der Waals surface area (Å²) in [7, 11) is -3.43. The van der Waals surface area contributed by atoms with Crippen molar-refractivity contribution in [2.24, 2.45) is 5.92 Å². The highest BCUT2D eigenvalue weighted by molar-refractivity contribution is 7.92. The molecule has 2 aromatic rings. The Balaban J connectivity index is 1.28. The summed E-state index contributed by atoms with van der Waals surface area (Å²) in [6.45, 7) is 3.72. The molecule has 1 saturated carbocycles. The highest BCUT2D eigenvalue weighted by Crippen LogP contribution is 2.37. The van der Waals surface area contributed by atoms with Gasteiger partial charge in [-0.1, -0.05) is 35.9 Å². The van der Waals surface area contributed by atoms with Gasteiger partial charge in [-0.05, 0) is 48.6 Å². The average molecular weight is 573 g/mol. The van der Waals surface area contributed by atoms with Crippen LogP contribution < -0.4 is 14.5 Å². The molecular weight excluding hydrogens is 538 g/mol. The van der Waals surface area contributed by atoms with Gasteiger partial charge < -0.3 is 20.0 Å². The van der Waals surface area contributed by atoms with E-state index in [1.54, 1.807) is 21.9 Å². The standard InChI is InChI=1S/C28H35ClN5O4S/c1-39(37,38)34(20-22-7-8-22)26-6-3-2-5-25(26)31-15-17-32(18-16-31)27(35)24(30-28(36)33-13-4-14-33)19-21-9-11-23(29)12-10-21/h2-6,9-12,22,24H,7-8,13-20H2,1H3,(H,30,36)/t24-/m1/s1. The number of nitrogens with zero attached hydrogens (tertiary/aromatic N) is 4. The predicted molar refractivity (Wildman–Crippen MR) is 153 cm³/mol. The van der Waals surface area contributed by atoms with Gasteiger partial charge in [-0.15, -0.1) is 0 Å². The zero-order valence-corrected chi connectivity index (χ0v) is 23.7. The Bertz CT molecular complexity index is 1290. The highest BCUT2D eigenvalue weighted by atomic mass is 35.5. The Morgan fingerprint density at radius 1 is 1.00 bits per heavy atom. The largest absolute Gasteiger partial charge is 0.366 e. The van der Waals surface area contributed by atoms with Gasteiger partial charge in [0.05, 0.1) is 17.6 Å². The number of halogens is 1. The summed E-state index contributed by atoms with van der Waals surface area (Å²) < 4.78 is 26.9. The van der Waals surface area contributed by atoms with E-state index < -0.39 is 16.1 Å². The minimum atomic E-state index is -3.43. The molecule has 209 valence electrons. The van der Waals surface area contributed by atoms with Crippen molar-refractivity contribution in [2.45, 2.75) is 25.3 Å². The molecule has 2 saturated heterocycles. The monoisotopic (exact) mass is 572 g/mol. The lowest BCUT2D eigenvalue weighted by Gasteiger charge is -2.40. The molecule has 1 N–H and O–H groups in total. The van der Waals surface area contributed by atoms with Crippen LogP contribution in [-0.2, 0) is 21.2 Å². The number of amides is 3. The number of likely N-dealkylation sites (tertiary alicyclic amines) is 1. The molecule has 1 radical (unpaired) electrons.